The Morgan fingerprint density at radius 1 is 1.28 bits per heavy atom. The van der Waals surface area contributed by atoms with Gasteiger partial charge in [-0.3, -0.25) is 13.9 Å². The number of aromatic nitrogens is 1. The van der Waals surface area contributed by atoms with Crippen molar-refractivity contribution in [3.63, 3.8) is 0 Å². The van der Waals surface area contributed by atoms with Crippen molar-refractivity contribution in [2.75, 3.05) is 12.4 Å². The minimum atomic E-state index is -4.40. The number of hydrogen-bond donors (Lipinski definition) is 3. The second kappa shape index (κ2) is 7.03. The molecule has 1 aromatic carbocycles. The van der Waals surface area contributed by atoms with Crippen LogP contribution in [0.4, 0.5) is 17.1 Å². The quantitative estimate of drug-likeness (QED) is 0.549. The number of rotatable bonds is 5. The summed E-state index contributed by atoms with van der Waals surface area (Å²) in [6.07, 6.45) is 0. The van der Waals surface area contributed by atoms with Gasteiger partial charge in [-0.25, -0.2) is 0 Å². The van der Waals surface area contributed by atoms with Gasteiger partial charge in [0.2, 0.25) is 0 Å². The van der Waals surface area contributed by atoms with Crippen LogP contribution in [0.3, 0.4) is 0 Å². The van der Waals surface area contributed by atoms with Crippen molar-refractivity contribution >= 4 is 27.2 Å². The van der Waals surface area contributed by atoms with Gasteiger partial charge in [-0.05, 0) is 30.7 Å². The fraction of sp³-hybridized carbons (Fsp3) is 0.267. The maximum atomic E-state index is 12.3. The highest BCUT2D eigenvalue weighted by Gasteiger charge is 2.21. The Labute approximate surface area is 144 Å². The summed E-state index contributed by atoms with van der Waals surface area (Å²) < 4.78 is 32.2. The molecule has 2 aromatic rings. The van der Waals surface area contributed by atoms with E-state index in [1.165, 1.54) is 14.0 Å². The summed E-state index contributed by atoms with van der Waals surface area (Å²) in [4.78, 5) is 12.3. The van der Waals surface area contributed by atoms with Gasteiger partial charge in [-0.1, -0.05) is 6.07 Å². The highest BCUT2D eigenvalue weighted by atomic mass is 32.2. The van der Waals surface area contributed by atoms with Crippen molar-refractivity contribution in [1.82, 2.24) is 4.57 Å². The molecule has 1 aromatic heterocycles. The summed E-state index contributed by atoms with van der Waals surface area (Å²) in [7, 11) is -1.38. The van der Waals surface area contributed by atoms with E-state index in [-0.39, 0.29) is 16.8 Å². The zero-order valence-corrected chi connectivity index (χ0v) is 14.7. The third-order valence-corrected chi connectivity index (χ3v) is 4.28. The zero-order valence-electron chi connectivity index (χ0n) is 13.9. The van der Waals surface area contributed by atoms with Crippen LogP contribution in [0, 0.1) is 6.92 Å². The number of anilines is 1. The summed E-state index contributed by atoms with van der Waals surface area (Å²) in [6.45, 7) is 1.43. The van der Waals surface area contributed by atoms with Crippen molar-refractivity contribution < 1.29 is 18.1 Å². The monoisotopic (exact) mass is 366 g/mol. The van der Waals surface area contributed by atoms with Crippen molar-refractivity contribution in [3.8, 4) is 5.88 Å². The second-order valence-electron chi connectivity index (χ2n) is 5.37. The van der Waals surface area contributed by atoms with E-state index in [9.17, 15) is 18.3 Å². The predicted molar refractivity (Wildman–Crippen MR) is 93.5 cm³/mol. The number of azo groups is 1. The zero-order chi connectivity index (χ0) is 18.8. The molecule has 0 aliphatic rings. The number of hydrogen-bond acceptors (Lipinski definition) is 7. The van der Waals surface area contributed by atoms with Crippen molar-refractivity contribution in [3.05, 3.63) is 45.7 Å². The maximum absolute atomic E-state index is 12.3. The van der Waals surface area contributed by atoms with Gasteiger partial charge in [0.05, 0.1) is 5.69 Å². The smallest absolute Gasteiger partial charge is 0.281 e. The molecular formula is C15H18N4O5S. The molecule has 1 heterocycles. The Balaban J connectivity index is 2.57. The lowest BCUT2D eigenvalue weighted by Crippen LogP contribution is -2.20. The third-order valence-electron chi connectivity index (χ3n) is 3.63. The van der Waals surface area contributed by atoms with Crippen LogP contribution >= 0.6 is 0 Å². The number of nitrogens with one attached hydrogen (secondary N) is 1. The summed E-state index contributed by atoms with van der Waals surface area (Å²) in [6, 6.07) is 6.98. The van der Waals surface area contributed by atoms with Crippen LogP contribution in [-0.2, 0) is 22.9 Å². The van der Waals surface area contributed by atoms with Gasteiger partial charge in [-0.15, -0.1) is 5.11 Å². The molecule has 0 spiro atoms. The van der Waals surface area contributed by atoms with Crippen LogP contribution in [0.15, 0.2) is 39.3 Å². The highest BCUT2D eigenvalue weighted by Crippen LogP contribution is 2.28. The normalized spacial score (nSPS) is 11.8. The lowest BCUT2D eigenvalue weighted by molar-refractivity contribution is 0.415. The number of pyridine rings is 1. The average Bonchev–Trinajstić information content (AvgIpc) is 2.56. The standard InChI is InChI=1S/C15H18N4O5S/c1-9-12(8-25(22,23)24)14(20)19(3)15(21)13(9)18-17-11-6-4-5-10(7-11)16-2/h4-7,16,20H,8H2,1-3H3,(H,22,23,24). The Kier molecular flexibility index (Phi) is 5.24. The van der Waals surface area contributed by atoms with Crippen molar-refractivity contribution in [1.29, 1.82) is 0 Å². The molecule has 0 atom stereocenters. The van der Waals surface area contributed by atoms with E-state index in [0.717, 1.165) is 10.3 Å². The minimum Gasteiger partial charge on any atom is -0.494 e. The van der Waals surface area contributed by atoms with Crippen LogP contribution < -0.4 is 10.9 Å². The molecule has 0 saturated heterocycles. The molecule has 0 saturated carbocycles. The summed E-state index contributed by atoms with van der Waals surface area (Å²) in [5, 5.41) is 20.9. The van der Waals surface area contributed by atoms with E-state index in [4.69, 9.17) is 4.55 Å². The molecule has 10 heteroatoms. The molecule has 0 unspecified atom stereocenters. The molecule has 2 rings (SSSR count). The second-order valence-corrected chi connectivity index (χ2v) is 6.82. The molecule has 25 heavy (non-hydrogen) atoms. The van der Waals surface area contributed by atoms with Gasteiger partial charge in [0.1, 0.15) is 5.75 Å². The summed E-state index contributed by atoms with van der Waals surface area (Å²) in [5.41, 5.74) is 0.558. The Bertz CT molecular complexity index is 996. The SMILES string of the molecule is CNc1cccc(N=Nc2c(C)c(CS(=O)(=O)O)c(O)n(C)c2=O)c1. The number of nitrogens with zero attached hydrogens (tertiary/aromatic N) is 3. The number of benzene rings is 1. The van der Waals surface area contributed by atoms with Gasteiger partial charge in [0.25, 0.3) is 15.7 Å². The fourth-order valence-electron chi connectivity index (χ4n) is 2.23. The van der Waals surface area contributed by atoms with Crippen molar-refractivity contribution in [2.24, 2.45) is 17.3 Å². The van der Waals surface area contributed by atoms with Gasteiger partial charge in [-0.2, -0.15) is 13.5 Å². The molecule has 0 bridgehead atoms. The van der Waals surface area contributed by atoms with Crippen LogP contribution in [0.25, 0.3) is 0 Å². The lowest BCUT2D eigenvalue weighted by atomic mass is 10.1. The molecule has 0 amide bonds. The largest absolute Gasteiger partial charge is 0.494 e. The molecule has 0 radical (unpaired) electrons. The molecular weight excluding hydrogens is 348 g/mol. The van der Waals surface area contributed by atoms with Crippen LogP contribution in [0.5, 0.6) is 5.88 Å². The lowest BCUT2D eigenvalue weighted by Gasteiger charge is -2.12. The first-order chi connectivity index (χ1) is 11.6. The van der Waals surface area contributed by atoms with E-state index >= 15 is 0 Å². The average molecular weight is 366 g/mol. The molecule has 3 N–H and O–H groups in total. The van der Waals surface area contributed by atoms with Crippen molar-refractivity contribution in [2.45, 2.75) is 12.7 Å². The first-order valence-corrected chi connectivity index (χ1v) is 8.81. The topological polar surface area (TPSA) is 133 Å². The fourth-order valence-corrected chi connectivity index (χ4v) is 2.94. The van der Waals surface area contributed by atoms with Crippen LogP contribution in [0.1, 0.15) is 11.1 Å². The van der Waals surface area contributed by atoms with Crippen LogP contribution in [-0.4, -0.2) is 29.7 Å². The van der Waals surface area contributed by atoms with E-state index in [1.807, 2.05) is 6.07 Å². The number of aromatic hydroxyl groups is 1. The van der Waals surface area contributed by atoms with E-state index < -0.39 is 27.3 Å². The van der Waals surface area contributed by atoms with Gasteiger partial charge < -0.3 is 10.4 Å². The van der Waals surface area contributed by atoms with E-state index in [0.29, 0.717) is 5.69 Å². The Morgan fingerprint density at radius 3 is 2.56 bits per heavy atom. The summed E-state index contributed by atoms with van der Waals surface area (Å²) >= 11 is 0. The molecule has 9 nitrogen and oxygen atoms in total. The minimum absolute atomic E-state index is 0.109. The molecule has 0 aliphatic carbocycles. The Morgan fingerprint density at radius 2 is 1.96 bits per heavy atom. The predicted octanol–water partition coefficient (Wildman–Crippen LogP) is 2.24. The van der Waals surface area contributed by atoms with Gasteiger partial charge in [0, 0.05) is 25.3 Å². The summed E-state index contributed by atoms with van der Waals surface area (Å²) in [5.74, 6) is -1.38. The van der Waals surface area contributed by atoms with Crippen LogP contribution in [0.2, 0.25) is 0 Å². The van der Waals surface area contributed by atoms with E-state index in [1.54, 1.807) is 25.2 Å². The molecule has 134 valence electrons. The Hall–Kier alpha value is -2.72. The van der Waals surface area contributed by atoms with Gasteiger partial charge in [0.15, 0.2) is 11.6 Å². The molecule has 0 fully saturated rings. The van der Waals surface area contributed by atoms with Gasteiger partial charge >= 0.3 is 0 Å². The third kappa shape index (κ3) is 4.22. The first kappa shape index (κ1) is 18.6. The van der Waals surface area contributed by atoms with E-state index in [2.05, 4.69) is 15.5 Å². The highest BCUT2D eigenvalue weighted by molar-refractivity contribution is 7.85. The molecule has 0 aliphatic heterocycles. The first-order valence-electron chi connectivity index (χ1n) is 7.20. The maximum Gasteiger partial charge on any atom is 0.281 e.